The molecule has 0 radical (unpaired) electrons. The summed E-state index contributed by atoms with van der Waals surface area (Å²) in [7, 11) is 0. The van der Waals surface area contributed by atoms with Crippen molar-refractivity contribution in [2.24, 2.45) is 5.92 Å². The average molecular weight is 309 g/mol. The maximum atomic E-state index is 12.4. The molecule has 2 aliphatic heterocycles. The van der Waals surface area contributed by atoms with Crippen LogP contribution in [0.15, 0.2) is 10.2 Å². The molecule has 0 aromatic carbocycles. The third kappa shape index (κ3) is 2.88. The highest BCUT2D eigenvalue weighted by molar-refractivity contribution is 7.07. The molecule has 2 atom stereocenters. The molecule has 1 N–H and O–H groups in total. The van der Waals surface area contributed by atoms with E-state index in [1.807, 2.05) is 11.8 Å². The van der Waals surface area contributed by atoms with Crippen molar-refractivity contribution < 1.29 is 9.59 Å². The number of aryl methyl sites for hydroxylation is 1. The predicted octanol–water partition coefficient (Wildman–Crippen LogP) is 0.345. The molecule has 114 valence electrons. The Kier molecular flexibility index (Phi) is 3.84. The molecule has 3 rings (SSSR count). The van der Waals surface area contributed by atoms with Crippen LogP contribution in [0.3, 0.4) is 0 Å². The molecule has 3 heterocycles. The summed E-state index contributed by atoms with van der Waals surface area (Å²) in [4.78, 5) is 37.2. The molecule has 7 heteroatoms. The number of carbonyl (C=O) groups excluding carboxylic acids is 2. The van der Waals surface area contributed by atoms with Crippen molar-refractivity contribution in [1.29, 1.82) is 0 Å². The summed E-state index contributed by atoms with van der Waals surface area (Å²) in [5.74, 6) is 0.464. The third-order valence-electron chi connectivity index (χ3n) is 4.45. The number of hydrogen-bond acceptors (Lipinski definition) is 4. The summed E-state index contributed by atoms with van der Waals surface area (Å²) in [6.45, 7) is 3.30. The van der Waals surface area contributed by atoms with E-state index in [9.17, 15) is 14.4 Å². The molecular formula is C14H19N3O3S. The van der Waals surface area contributed by atoms with Gasteiger partial charge in [-0.3, -0.25) is 19.0 Å². The zero-order chi connectivity index (χ0) is 15.0. The summed E-state index contributed by atoms with van der Waals surface area (Å²) in [6, 6.07) is 0.209. The van der Waals surface area contributed by atoms with Gasteiger partial charge in [-0.05, 0) is 25.7 Å². The number of thiazole rings is 1. The van der Waals surface area contributed by atoms with Gasteiger partial charge in [0.25, 0.3) is 0 Å². The minimum absolute atomic E-state index is 0.00560. The lowest BCUT2D eigenvalue weighted by Gasteiger charge is -2.41. The first-order valence-electron chi connectivity index (χ1n) is 7.26. The summed E-state index contributed by atoms with van der Waals surface area (Å²) in [5, 5.41) is 4.79. The second-order valence-electron chi connectivity index (χ2n) is 5.83. The number of hydrogen-bond donors (Lipinski definition) is 1. The molecule has 2 aliphatic rings. The maximum absolute atomic E-state index is 12.4. The van der Waals surface area contributed by atoms with Crippen LogP contribution in [-0.2, 0) is 16.1 Å². The molecule has 0 spiro atoms. The first-order valence-corrected chi connectivity index (χ1v) is 8.14. The average Bonchev–Trinajstić information content (AvgIpc) is 2.78. The van der Waals surface area contributed by atoms with Crippen LogP contribution < -0.4 is 10.2 Å². The van der Waals surface area contributed by atoms with Gasteiger partial charge >= 0.3 is 4.87 Å². The Morgan fingerprint density at radius 2 is 2.24 bits per heavy atom. The molecule has 2 unspecified atom stereocenters. The molecule has 2 saturated heterocycles. The van der Waals surface area contributed by atoms with Gasteiger partial charge in [0.2, 0.25) is 11.8 Å². The van der Waals surface area contributed by atoms with E-state index in [2.05, 4.69) is 5.32 Å². The standard InChI is InChI=1S/C14H19N3O3S/c1-9-8-21-14(20)17(9)7-13(19)16-5-4-11-10(6-16)2-3-12(18)15-11/h8,10-11H,2-7H2,1H3,(H,15,18). The smallest absolute Gasteiger partial charge is 0.307 e. The van der Waals surface area contributed by atoms with Gasteiger partial charge < -0.3 is 10.2 Å². The molecule has 0 saturated carbocycles. The van der Waals surface area contributed by atoms with Crippen molar-refractivity contribution in [3.63, 3.8) is 0 Å². The largest absolute Gasteiger partial charge is 0.353 e. The van der Waals surface area contributed by atoms with Crippen LogP contribution >= 0.6 is 11.3 Å². The van der Waals surface area contributed by atoms with Gasteiger partial charge in [0, 0.05) is 36.6 Å². The highest BCUT2D eigenvalue weighted by Crippen LogP contribution is 2.25. The molecule has 21 heavy (non-hydrogen) atoms. The number of carbonyl (C=O) groups is 2. The molecular weight excluding hydrogens is 290 g/mol. The fourth-order valence-corrected chi connectivity index (χ4v) is 3.90. The molecule has 2 fully saturated rings. The van der Waals surface area contributed by atoms with Crippen molar-refractivity contribution in [3.05, 3.63) is 20.7 Å². The lowest BCUT2D eigenvalue weighted by Crippen LogP contribution is -2.55. The number of nitrogens with zero attached hydrogens (tertiary/aromatic N) is 2. The molecule has 2 amide bonds. The van der Waals surface area contributed by atoms with Crippen molar-refractivity contribution >= 4 is 23.2 Å². The van der Waals surface area contributed by atoms with E-state index in [4.69, 9.17) is 0 Å². The fourth-order valence-electron chi connectivity index (χ4n) is 3.17. The first kappa shape index (κ1) is 14.3. The van der Waals surface area contributed by atoms with E-state index in [-0.39, 0.29) is 29.3 Å². The lowest BCUT2D eigenvalue weighted by molar-refractivity contribution is -0.135. The number of likely N-dealkylation sites (tertiary alicyclic amines) is 1. The minimum atomic E-state index is -0.0827. The summed E-state index contributed by atoms with van der Waals surface area (Å²) >= 11 is 1.13. The summed E-state index contributed by atoms with van der Waals surface area (Å²) < 4.78 is 1.53. The zero-order valence-electron chi connectivity index (χ0n) is 12.0. The number of aromatic nitrogens is 1. The van der Waals surface area contributed by atoms with E-state index in [1.165, 1.54) is 4.57 Å². The quantitative estimate of drug-likeness (QED) is 0.856. The zero-order valence-corrected chi connectivity index (χ0v) is 12.8. The second-order valence-corrected chi connectivity index (χ2v) is 6.65. The Labute approximate surface area is 126 Å². The maximum Gasteiger partial charge on any atom is 0.307 e. The van der Waals surface area contributed by atoms with E-state index in [1.54, 1.807) is 5.38 Å². The molecule has 0 aliphatic carbocycles. The van der Waals surface area contributed by atoms with Gasteiger partial charge in [-0.2, -0.15) is 0 Å². The van der Waals surface area contributed by atoms with Crippen LogP contribution in [0, 0.1) is 12.8 Å². The Balaban J connectivity index is 1.64. The van der Waals surface area contributed by atoms with E-state index in [0.717, 1.165) is 29.9 Å². The highest BCUT2D eigenvalue weighted by Gasteiger charge is 2.35. The molecule has 6 nitrogen and oxygen atoms in total. The van der Waals surface area contributed by atoms with Crippen LogP contribution in [0.25, 0.3) is 0 Å². The van der Waals surface area contributed by atoms with Gasteiger partial charge in [-0.15, -0.1) is 0 Å². The Morgan fingerprint density at radius 3 is 2.95 bits per heavy atom. The van der Waals surface area contributed by atoms with Gasteiger partial charge in [0.05, 0.1) is 0 Å². The second kappa shape index (κ2) is 5.63. The van der Waals surface area contributed by atoms with Crippen LogP contribution in [0.5, 0.6) is 0 Å². The fraction of sp³-hybridized carbons (Fsp3) is 0.643. The molecule has 1 aromatic rings. The SMILES string of the molecule is Cc1csc(=O)n1CC(=O)N1CCC2NC(=O)CCC2C1. The number of fused-ring (bicyclic) bond motifs is 1. The number of nitrogens with one attached hydrogen (secondary N) is 1. The van der Waals surface area contributed by atoms with Crippen LogP contribution in [-0.4, -0.2) is 40.4 Å². The highest BCUT2D eigenvalue weighted by atomic mass is 32.1. The Bertz CT molecular complexity index is 621. The van der Waals surface area contributed by atoms with Gasteiger partial charge in [-0.25, -0.2) is 0 Å². The number of piperidine rings is 2. The third-order valence-corrected chi connectivity index (χ3v) is 5.33. The molecule has 1 aromatic heterocycles. The van der Waals surface area contributed by atoms with Crippen LogP contribution in [0.4, 0.5) is 0 Å². The van der Waals surface area contributed by atoms with Crippen molar-refractivity contribution in [3.8, 4) is 0 Å². The lowest BCUT2D eigenvalue weighted by atomic mass is 9.85. The van der Waals surface area contributed by atoms with Crippen molar-refractivity contribution in [2.45, 2.75) is 38.8 Å². The van der Waals surface area contributed by atoms with Gasteiger partial charge in [0.1, 0.15) is 6.54 Å². The number of amides is 2. The monoisotopic (exact) mass is 309 g/mol. The summed E-state index contributed by atoms with van der Waals surface area (Å²) in [6.07, 6.45) is 2.20. The Morgan fingerprint density at radius 1 is 1.43 bits per heavy atom. The predicted molar refractivity (Wildman–Crippen MR) is 79.2 cm³/mol. The normalized spacial score (nSPS) is 25.4. The van der Waals surface area contributed by atoms with E-state index >= 15 is 0 Å². The van der Waals surface area contributed by atoms with E-state index < -0.39 is 0 Å². The number of rotatable bonds is 2. The Hall–Kier alpha value is -1.63. The minimum Gasteiger partial charge on any atom is -0.353 e. The van der Waals surface area contributed by atoms with Crippen LogP contribution in [0.1, 0.15) is 25.0 Å². The van der Waals surface area contributed by atoms with E-state index in [0.29, 0.717) is 25.4 Å². The van der Waals surface area contributed by atoms with Crippen LogP contribution in [0.2, 0.25) is 0 Å². The van der Waals surface area contributed by atoms with Gasteiger partial charge in [0.15, 0.2) is 0 Å². The molecule has 0 bridgehead atoms. The first-order chi connectivity index (χ1) is 10.0. The van der Waals surface area contributed by atoms with Crippen molar-refractivity contribution in [1.82, 2.24) is 14.8 Å². The topological polar surface area (TPSA) is 71.4 Å². The summed E-state index contributed by atoms with van der Waals surface area (Å²) in [5.41, 5.74) is 0.832. The van der Waals surface area contributed by atoms with Gasteiger partial charge in [-0.1, -0.05) is 11.3 Å². The van der Waals surface area contributed by atoms with Crippen molar-refractivity contribution in [2.75, 3.05) is 13.1 Å².